The molecule has 4 nitrogen and oxygen atoms in total. The predicted molar refractivity (Wildman–Crippen MR) is 53.2 cm³/mol. The summed E-state index contributed by atoms with van der Waals surface area (Å²) in [5, 5.41) is 24.5. The third-order valence-corrected chi connectivity index (χ3v) is 5.41. The van der Waals surface area contributed by atoms with Crippen molar-refractivity contribution in [2.45, 2.75) is 19.3 Å². The first kappa shape index (κ1) is 8.13. The standard InChI is InChI=1S/C11H14N2O2/c14-12-8-2-5-4-1-7(10(5)8)11-6(4)3-9(11)13-15/h4-7,10-11,14-15H,1-3H2/b12-8-,13-9?. The maximum Gasteiger partial charge on any atom is 0.0610 e. The van der Waals surface area contributed by atoms with Crippen LogP contribution in [0, 0.1) is 35.5 Å². The molecule has 0 aromatic rings. The van der Waals surface area contributed by atoms with Crippen LogP contribution in [0.25, 0.3) is 0 Å². The van der Waals surface area contributed by atoms with Crippen molar-refractivity contribution in [1.29, 1.82) is 0 Å². The van der Waals surface area contributed by atoms with E-state index in [2.05, 4.69) is 10.3 Å². The van der Waals surface area contributed by atoms with Gasteiger partial charge in [0.15, 0.2) is 0 Å². The quantitative estimate of drug-likeness (QED) is 0.466. The Morgan fingerprint density at radius 1 is 0.800 bits per heavy atom. The van der Waals surface area contributed by atoms with Crippen molar-refractivity contribution in [2.75, 3.05) is 0 Å². The zero-order valence-electron chi connectivity index (χ0n) is 8.37. The number of hydrogen-bond donors (Lipinski definition) is 2. The van der Waals surface area contributed by atoms with E-state index < -0.39 is 0 Å². The van der Waals surface area contributed by atoms with Crippen LogP contribution in [-0.2, 0) is 0 Å². The molecule has 4 rings (SSSR count). The van der Waals surface area contributed by atoms with Crippen LogP contribution in [0.2, 0.25) is 0 Å². The number of rotatable bonds is 0. The van der Waals surface area contributed by atoms with Crippen LogP contribution in [0.15, 0.2) is 10.3 Å². The third kappa shape index (κ3) is 0.703. The lowest BCUT2D eigenvalue weighted by atomic mass is 9.52. The highest BCUT2D eigenvalue weighted by atomic mass is 16.4. The zero-order chi connectivity index (χ0) is 10.2. The van der Waals surface area contributed by atoms with E-state index in [0.717, 1.165) is 42.0 Å². The Balaban J connectivity index is 1.69. The summed E-state index contributed by atoms with van der Waals surface area (Å²) in [6.45, 7) is 0. The lowest BCUT2D eigenvalue weighted by molar-refractivity contribution is 0.106. The SMILES string of the molecule is ON=C1CC2C3CC(C12)C1/C(=N\O)CC31. The second-order valence-corrected chi connectivity index (χ2v) is 5.53. The summed E-state index contributed by atoms with van der Waals surface area (Å²) in [7, 11) is 0. The minimum Gasteiger partial charge on any atom is -0.411 e. The number of fused-ring (bicyclic) bond motifs is 8. The molecule has 0 amide bonds. The molecule has 0 saturated heterocycles. The molecule has 0 spiro atoms. The fraction of sp³-hybridized carbons (Fsp3) is 0.818. The van der Waals surface area contributed by atoms with Crippen LogP contribution in [0.3, 0.4) is 0 Å². The molecule has 0 heterocycles. The Hall–Kier alpha value is -1.06. The van der Waals surface area contributed by atoms with Crippen LogP contribution in [0.1, 0.15) is 19.3 Å². The Bertz CT molecular complexity index is 356. The summed E-state index contributed by atoms with van der Waals surface area (Å²) in [6, 6.07) is 0. The summed E-state index contributed by atoms with van der Waals surface area (Å²) in [5.41, 5.74) is 1.99. The molecule has 4 aliphatic rings. The third-order valence-electron chi connectivity index (χ3n) is 5.41. The summed E-state index contributed by atoms with van der Waals surface area (Å²) < 4.78 is 0. The van der Waals surface area contributed by atoms with E-state index in [1.54, 1.807) is 0 Å². The van der Waals surface area contributed by atoms with Crippen molar-refractivity contribution >= 4 is 11.4 Å². The molecule has 6 unspecified atom stereocenters. The number of oxime groups is 2. The van der Waals surface area contributed by atoms with E-state index in [9.17, 15) is 0 Å². The van der Waals surface area contributed by atoms with Crippen LogP contribution in [-0.4, -0.2) is 21.8 Å². The van der Waals surface area contributed by atoms with Gasteiger partial charge in [-0.05, 0) is 42.9 Å². The number of nitrogens with zero attached hydrogens (tertiary/aromatic N) is 2. The van der Waals surface area contributed by atoms with E-state index in [0.29, 0.717) is 17.8 Å². The molecule has 0 aromatic carbocycles. The van der Waals surface area contributed by atoms with Gasteiger partial charge in [-0.2, -0.15) is 0 Å². The van der Waals surface area contributed by atoms with E-state index in [1.165, 1.54) is 6.42 Å². The molecule has 2 bridgehead atoms. The molecule has 0 aromatic heterocycles. The van der Waals surface area contributed by atoms with Crippen molar-refractivity contribution in [3.63, 3.8) is 0 Å². The molecule has 4 fully saturated rings. The topological polar surface area (TPSA) is 65.2 Å². The molecule has 15 heavy (non-hydrogen) atoms. The zero-order valence-corrected chi connectivity index (χ0v) is 8.37. The molecule has 6 atom stereocenters. The van der Waals surface area contributed by atoms with Gasteiger partial charge in [-0.25, -0.2) is 0 Å². The molecule has 2 N–H and O–H groups in total. The van der Waals surface area contributed by atoms with Gasteiger partial charge in [-0.3, -0.25) is 0 Å². The molecule has 80 valence electrons. The van der Waals surface area contributed by atoms with Crippen molar-refractivity contribution in [1.82, 2.24) is 0 Å². The number of hydrogen-bond acceptors (Lipinski definition) is 4. The van der Waals surface area contributed by atoms with Crippen molar-refractivity contribution < 1.29 is 10.4 Å². The Morgan fingerprint density at radius 2 is 1.33 bits per heavy atom. The van der Waals surface area contributed by atoms with Crippen LogP contribution >= 0.6 is 0 Å². The fourth-order valence-corrected chi connectivity index (χ4v) is 4.86. The first-order valence-electron chi connectivity index (χ1n) is 5.76. The molecule has 0 aliphatic heterocycles. The molecular formula is C11H14N2O2. The van der Waals surface area contributed by atoms with Crippen molar-refractivity contribution in [3.05, 3.63) is 0 Å². The van der Waals surface area contributed by atoms with E-state index >= 15 is 0 Å². The van der Waals surface area contributed by atoms with Crippen molar-refractivity contribution in [3.8, 4) is 0 Å². The van der Waals surface area contributed by atoms with Crippen LogP contribution in [0.4, 0.5) is 0 Å². The van der Waals surface area contributed by atoms with Gasteiger partial charge >= 0.3 is 0 Å². The minimum absolute atomic E-state index is 0.512. The first-order chi connectivity index (χ1) is 7.35. The van der Waals surface area contributed by atoms with E-state index in [-0.39, 0.29) is 0 Å². The predicted octanol–water partition coefficient (Wildman–Crippen LogP) is 1.57. The van der Waals surface area contributed by atoms with Gasteiger partial charge < -0.3 is 10.4 Å². The Morgan fingerprint density at radius 3 is 1.80 bits per heavy atom. The highest BCUT2D eigenvalue weighted by Crippen LogP contribution is 2.68. The fourth-order valence-electron chi connectivity index (χ4n) is 4.86. The van der Waals surface area contributed by atoms with Gasteiger partial charge in [0.1, 0.15) is 0 Å². The molecule has 4 heteroatoms. The van der Waals surface area contributed by atoms with Crippen LogP contribution < -0.4 is 0 Å². The largest absolute Gasteiger partial charge is 0.411 e. The first-order valence-corrected chi connectivity index (χ1v) is 5.76. The molecular weight excluding hydrogens is 192 g/mol. The summed E-state index contributed by atoms with van der Waals surface area (Å²) in [6.07, 6.45) is 3.29. The molecule has 4 saturated carbocycles. The second kappa shape index (κ2) is 2.36. The lowest BCUT2D eigenvalue weighted by Crippen LogP contribution is -2.54. The monoisotopic (exact) mass is 206 g/mol. The van der Waals surface area contributed by atoms with E-state index in [4.69, 9.17) is 10.4 Å². The van der Waals surface area contributed by atoms with Crippen LogP contribution in [0.5, 0.6) is 0 Å². The maximum atomic E-state index is 8.86. The second-order valence-electron chi connectivity index (χ2n) is 5.53. The van der Waals surface area contributed by atoms with Crippen molar-refractivity contribution in [2.24, 2.45) is 45.8 Å². The van der Waals surface area contributed by atoms with Gasteiger partial charge in [0.25, 0.3) is 0 Å². The highest BCUT2D eigenvalue weighted by molar-refractivity contribution is 5.98. The van der Waals surface area contributed by atoms with Gasteiger partial charge in [0.05, 0.1) is 11.4 Å². The average Bonchev–Trinajstić information content (AvgIpc) is 2.52. The highest BCUT2D eigenvalue weighted by Gasteiger charge is 2.67. The van der Waals surface area contributed by atoms with E-state index in [1.807, 2.05) is 0 Å². The summed E-state index contributed by atoms with van der Waals surface area (Å²) in [5.74, 6) is 4.02. The lowest BCUT2D eigenvalue weighted by Gasteiger charge is -2.52. The molecule has 4 aliphatic carbocycles. The summed E-state index contributed by atoms with van der Waals surface area (Å²) in [4.78, 5) is 0. The van der Waals surface area contributed by atoms with Gasteiger partial charge in [-0.1, -0.05) is 10.3 Å². The maximum absolute atomic E-state index is 8.86. The van der Waals surface area contributed by atoms with Gasteiger partial charge in [0.2, 0.25) is 0 Å². The van der Waals surface area contributed by atoms with Gasteiger partial charge in [0, 0.05) is 11.8 Å². The Labute approximate surface area is 87.7 Å². The summed E-state index contributed by atoms with van der Waals surface area (Å²) >= 11 is 0. The molecule has 0 radical (unpaired) electrons. The Kier molecular flexibility index (Phi) is 1.28. The smallest absolute Gasteiger partial charge is 0.0610 e. The average molecular weight is 206 g/mol. The van der Waals surface area contributed by atoms with Gasteiger partial charge in [-0.15, -0.1) is 0 Å². The normalized spacial score (nSPS) is 60.0. The minimum atomic E-state index is 0.512.